The van der Waals surface area contributed by atoms with Gasteiger partial charge in [0.1, 0.15) is 16.6 Å². The van der Waals surface area contributed by atoms with Gasteiger partial charge in [-0.15, -0.1) is 0 Å². The van der Waals surface area contributed by atoms with E-state index in [1.54, 1.807) is 6.07 Å². The van der Waals surface area contributed by atoms with Gasteiger partial charge >= 0.3 is 0 Å². The summed E-state index contributed by atoms with van der Waals surface area (Å²) < 4.78 is 45.8. The number of nitrogens with zero attached hydrogens (tertiary/aromatic N) is 4. The van der Waals surface area contributed by atoms with Gasteiger partial charge in [0, 0.05) is 17.9 Å². The van der Waals surface area contributed by atoms with E-state index < -0.39 is 17.2 Å². The average Bonchev–Trinajstić information content (AvgIpc) is 2.66. The van der Waals surface area contributed by atoms with E-state index >= 15 is 8.78 Å². The lowest BCUT2D eigenvalue weighted by Gasteiger charge is -2.55. The molecule has 0 N–H and O–H groups in total. The fraction of sp³-hybridized carbons (Fsp3) is 0.350. The molecule has 0 aliphatic carbocycles. The van der Waals surface area contributed by atoms with Crippen molar-refractivity contribution in [2.45, 2.75) is 12.0 Å². The molecule has 7 nitrogen and oxygen atoms in total. The van der Waals surface area contributed by atoms with Crippen LogP contribution in [-0.2, 0) is 4.74 Å². The molecule has 0 bridgehead atoms. The van der Waals surface area contributed by atoms with Gasteiger partial charge in [0.15, 0.2) is 29.0 Å². The van der Waals surface area contributed by atoms with Gasteiger partial charge in [-0.25, -0.2) is 23.7 Å². The minimum atomic E-state index is -0.912. The second-order valence-electron chi connectivity index (χ2n) is 7.32. The lowest BCUT2D eigenvalue weighted by atomic mass is 9.86. The maximum absolute atomic E-state index is 15.0. The van der Waals surface area contributed by atoms with Crippen LogP contribution in [0.1, 0.15) is 6.42 Å². The third-order valence-corrected chi connectivity index (χ3v) is 5.76. The van der Waals surface area contributed by atoms with Crippen molar-refractivity contribution < 1.29 is 23.0 Å². The smallest absolute Gasteiger partial charge is 0.179 e. The summed E-state index contributed by atoms with van der Waals surface area (Å²) in [5.41, 5.74) is -0.181. The van der Waals surface area contributed by atoms with Crippen molar-refractivity contribution in [3.8, 4) is 22.9 Å². The van der Waals surface area contributed by atoms with E-state index in [1.165, 1.54) is 20.4 Å². The molecule has 2 saturated heterocycles. The first-order valence-electron chi connectivity index (χ1n) is 9.27. The van der Waals surface area contributed by atoms with Crippen molar-refractivity contribution in [2.24, 2.45) is 0 Å². The van der Waals surface area contributed by atoms with Crippen LogP contribution in [0.5, 0.6) is 11.5 Å². The van der Waals surface area contributed by atoms with Gasteiger partial charge in [0.2, 0.25) is 0 Å². The zero-order valence-electron chi connectivity index (χ0n) is 16.2. The molecule has 2 fully saturated rings. The molecular formula is C20H17ClF2N4O3. The number of hydrogen-bond donors (Lipinski definition) is 0. The number of rotatable bonds is 4. The van der Waals surface area contributed by atoms with Crippen molar-refractivity contribution in [3.05, 3.63) is 35.1 Å². The maximum atomic E-state index is 15.0. The highest BCUT2D eigenvalue weighted by atomic mass is 35.5. The second-order valence-corrected chi connectivity index (χ2v) is 7.70. The van der Waals surface area contributed by atoms with E-state index in [2.05, 4.69) is 15.0 Å². The van der Waals surface area contributed by atoms with E-state index in [-0.39, 0.29) is 28.1 Å². The monoisotopic (exact) mass is 434 g/mol. The van der Waals surface area contributed by atoms with E-state index in [4.69, 9.17) is 25.8 Å². The largest absolute Gasteiger partial charge is 0.494 e. The Kier molecular flexibility index (Phi) is 4.41. The summed E-state index contributed by atoms with van der Waals surface area (Å²) in [5.74, 6) is -1.79. The quantitative estimate of drug-likeness (QED) is 0.581. The first kappa shape index (κ1) is 19.2. The van der Waals surface area contributed by atoms with E-state index in [0.717, 1.165) is 19.1 Å². The molecule has 0 radical (unpaired) electrons. The van der Waals surface area contributed by atoms with Crippen LogP contribution < -0.4 is 14.4 Å². The molecule has 0 saturated carbocycles. The number of ether oxygens (including phenoxy) is 3. The fourth-order valence-corrected chi connectivity index (χ4v) is 4.02. The number of fused-ring (bicyclic) bond motifs is 1. The molecule has 10 heteroatoms. The second kappa shape index (κ2) is 6.88. The van der Waals surface area contributed by atoms with Crippen molar-refractivity contribution in [2.75, 3.05) is 38.8 Å². The highest BCUT2D eigenvalue weighted by Gasteiger charge is 2.50. The van der Waals surface area contributed by atoms with Crippen molar-refractivity contribution >= 4 is 28.3 Å². The van der Waals surface area contributed by atoms with Crippen LogP contribution in [0, 0.1) is 11.6 Å². The van der Waals surface area contributed by atoms with E-state index in [1.807, 2.05) is 4.90 Å². The Morgan fingerprint density at radius 2 is 1.77 bits per heavy atom. The van der Waals surface area contributed by atoms with E-state index in [9.17, 15) is 0 Å². The average molecular weight is 435 g/mol. The number of pyridine rings is 1. The summed E-state index contributed by atoms with van der Waals surface area (Å²) in [6, 6.07) is 2.78. The molecule has 2 aliphatic rings. The Labute approximate surface area is 175 Å². The van der Waals surface area contributed by atoms with Crippen LogP contribution in [-0.4, -0.2) is 54.5 Å². The molecule has 0 atom stereocenters. The topological polar surface area (TPSA) is 69.6 Å². The zero-order valence-corrected chi connectivity index (χ0v) is 17.0. The molecule has 156 valence electrons. The summed E-state index contributed by atoms with van der Waals surface area (Å²) in [5, 5.41) is 0.916. The molecule has 3 aromatic rings. The molecule has 1 aromatic carbocycles. The molecular weight excluding hydrogens is 418 g/mol. The van der Waals surface area contributed by atoms with Crippen molar-refractivity contribution in [1.82, 2.24) is 15.0 Å². The minimum absolute atomic E-state index is 0.135. The highest BCUT2D eigenvalue weighted by Crippen LogP contribution is 2.42. The van der Waals surface area contributed by atoms with Gasteiger partial charge < -0.3 is 19.1 Å². The molecule has 2 aromatic heterocycles. The molecule has 30 heavy (non-hydrogen) atoms. The number of anilines is 1. The number of methoxy groups -OCH3 is 2. The van der Waals surface area contributed by atoms with E-state index in [0.29, 0.717) is 29.8 Å². The Morgan fingerprint density at radius 1 is 1.10 bits per heavy atom. The summed E-state index contributed by atoms with van der Waals surface area (Å²) >= 11 is 6.07. The Morgan fingerprint density at radius 3 is 2.33 bits per heavy atom. The number of benzene rings is 1. The Balaban J connectivity index is 1.70. The maximum Gasteiger partial charge on any atom is 0.179 e. The summed E-state index contributed by atoms with van der Waals surface area (Å²) in [6.07, 6.45) is 2.42. The highest BCUT2D eigenvalue weighted by molar-refractivity contribution is 6.30. The number of halogens is 3. The van der Waals surface area contributed by atoms with Gasteiger partial charge in [-0.05, 0) is 6.07 Å². The summed E-state index contributed by atoms with van der Waals surface area (Å²) in [6.45, 7) is 2.00. The number of hydrogen-bond acceptors (Lipinski definition) is 7. The van der Waals surface area contributed by atoms with Gasteiger partial charge in [0.25, 0.3) is 0 Å². The minimum Gasteiger partial charge on any atom is -0.494 e. The fourth-order valence-electron chi connectivity index (χ4n) is 3.86. The Hall–Kier alpha value is -2.78. The van der Waals surface area contributed by atoms with Crippen molar-refractivity contribution in [1.29, 1.82) is 0 Å². The molecule has 0 amide bonds. The van der Waals surface area contributed by atoms with Gasteiger partial charge in [0.05, 0.1) is 51.2 Å². The number of aromatic nitrogens is 3. The van der Waals surface area contributed by atoms with Crippen LogP contribution >= 0.6 is 11.6 Å². The first-order valence-corrected chi connectivity index (χ1v) is 9.65. The van der Waals surface area contributed by atoms with Gasteiger partial charge in [-0.1, -0.05) is 11.6 Å². The third-order valence-electron chi connectivity index (χ3n) is 5.55. The molecule has 1 spiro atoms. The molecule has 0 unspecified atom stereocenters. The predicted octanol–water partition coefficient (Wildman–Crippen LogP) is 3.62. The lowest BCUT2D eigenvalue weighted by molar-refractivity contribution is -0.161. The zero-order chi connectivity index (χ0) is 21.0. The van der Waals surface area contributed by atoms with Gasteiger partial charge in [-0.3, -0.25) is 0 Å². The molecule has 5 rings (SSSR count). The Bertz CT molecular complexity index is 1140. The molecule has 4 heterocycles. The standard InChI is InChI=1S/C20H17ClF2N4O3/c1-28-12-6-13(29-2)17(23)15(16(12)22)18-25-11-7-24-14(21)5-10(11)19(26-18)27-8-20(9-27)3-4-30-20/h5-7H,3-4,8-9H2,1-2H3. The van der Waals surface area contributed by atoms with Crippen LogP contribution in [0.15, 0.2) is 18.3 Å². The van der Waals surface area contributed by atoms with Crippen molar-refractivity contribution in [3.63, 3.8) is 0 Å². The SMILES string of the molecule is COc1cc(OC)c(F)c(-c2nc(N3CC4(CCO4)C3)c3cc(Cl)ncc3n2)c1F. The summed E-state index contributed by atoms with van der Waals surface area (Å²) in [7, 11) is 2.58. The van der Waals surface area contributed by atoms with Crippen LogP contribution in [0.4, 0.5) is 14.6 Å². The van der Waals surface area contributed by atoms with Crippen LogP contribution in [0.3, 0.4) is 0 Å². The predicted molar refractivity (Wildman–Crippen MR) is 106 cm³/mol. The normalized spacial score (nSPS) is 17.0. The van der Waals surface area contributed by atoms with Gasteiger partial charge in [-0.2, -0.15) is 0 Å². The lowest BCUT2D eigenvalue weighted by Crippen LogP contribution is -2.68. The van der Waals surface area contributed by atoms with Crippen LogP contribution in [0.25, 0.3) is 22.3 Å². The molecule has 2 aliphatic heterocycles. The van der Waals surface area contributed by atoms with Crippen LogP contribution in [0.2, 0.25) is 5.15 Å². The first-order chi connectivity index (χ1) is 14.4. The summed E-state index contributed by atoms with van der Waals surface area (Å²) in [4.78, 5) is 14.9. The third kappa shape index (κ3) is 2.84.